The Labute approximate surface area is 109 Å². The summed E-state index contributed by atoms with van der Waals surface area (Å²) < 4.78 is 43.1. The molecule has 3 atom stereocenters. The summed E-state index contributed by atoms with van der Waals surface area (Å²) in [7, 11) is 0. The molecule has 1 aliphatic rings. The number of aromatic nitrogens is 1. The van der Waals surface area contributed by atoms with Gasteiger partial charge in [-0.1, -0.05) is 0 Å². The van der Waals surface area contributed by atoms with Gasteiger partial charge in [0.15, 0.2) is 0 Å². The Morgan fingerprint density at radius 1 is 1.53 bits per heavy atom. The van der Waals surface area contributed by atoms with Crippen molar-refractivity contribution in [3.8, 4) is 0 Å². The van der Waals surface area contributed by atoms with E-state index in [1.165, 1.54) is 0 Å². The maximum Gasteiger partial charge on any atom is 0.416 e. The molecule has 1 saturated carbocycles. The highest BCUT2D eigenvalue weighted by molar-refractivity contribution is 5.41. The molecule has 0 spiro atoms. The second kappa shape index (κ2) is 5.34. The van der Waals surface area contributed by atoms with Gasteiger partial charge < -0.3 is 15.8 Å². The summed E-state index contributed by atoms with van der Waals surface area (Å²) in [5, 5.41) is 2.91. The van der Waals surface area contributed by atoms with E-state index in [2.05, 4.69) is 10.3 Å². The molecule has 1 heterocycles. The summed E-state index contributed by atoms with van der Waals surface area (Å²) in [4.78, 5) is 3.88. The van der Waals surface area contributed by atoms with Crippen molar-refractivity contribution in [2.24, 2.45) is 5.73 Å². The average Bonchev–Trinajstić information content (AvgIpc) is 2.35. The molecule has 106 valence electrons. The van der Waals surface area contributed by atoms with E-state index < -0.39 is 11.7 Å². The van der Waals surface area contributed by atoms with Crippen LogP contribution in [0, 0.1) is 0 Å². The number of halogens is 3. The van der Waals surface area contributed by atoms with Crippen molar-refractivity contribution in [1.82, 2.24) is 4.98 Å². The highest BCUT2D eigenvalue weighted by Gasteiger charge is 2.40. The van der Waals surface area contributed by atoms with Crippen LogP contribution in [-0.2, 0) is 10.9 Å². The van der Waals surface area contributed by atoms with E-state index in [1.807, 2.05) is 6.92 Å². The minimum Gasteiger partial charge on any atom is -0.376 e. The number of hydrogen-bond acceptors (Lipinski definition) is 4. The lowest BCUT2D eigenvalue weighted by Gasteiger charge is -2.42. The predicted molar refractivity (Wildman–Crippen MR) is 64.7 cm³/mol. The zero-order valence-corrected chi connectivity index (χ0v) is 10.4. The third-order valence-electron chi connectivity index (χ3n) is 3.15. The first-order valence-electron chi connectivity index (χ1n) is 6.08. The average molecular weight is 275 g/mol. The van der Waals surface area contributed by atoms with Crippen LogP contribution in [0.25, 0.3) is 0 Å². The van der Waals surface area contributed by atoms with Crippen molar-refractivity contribution in [1.29, 1.82) is 0 Å². The number of rotatable bonds is 4. The minimum atomic E-state index is -4.37. The number of ether oxygens (including phenoxy) is 1. The molecule has 3 N–H and O–H groups in total. The molecule has 1 aromatic heterocycles. The quantitative estimate of drug-likeness (QED) is 0.882. The summed E-state index contributed by atoms with van der Waals surface area (Å²) in [5.41, 5.74) is 5.09. The molecule has 3 unspecified atom stereocenters. The fraction of sp³-hybridized carbons (Fsp3) is 0.583. The third-order valence-corrected chi connectivity index (χ3v) is 3.15. The monoisotopic (exact) mass is 275 g/mol. The fourth-order valence-electron chi connectivity index (χ4n) is 2.08. The second-order valence-electron chi connectivity index (χ2n) is 4.49. The Balaban J connectivity index is 2.07. The number of nitrogens with zero attached hydrogens (tertiary/aromatic N) is 1. The molecule has 1 fully saturated rings. The zero-order chi connectivity index (χ0) is 14.0. The van der Waals surface area contributed by atoms with Crippen LogP contribution in [0.3, 0.4) is 0 Å². The second-order valence-corrected chi connectivity index (χ2v) is 4.49. The normalized spacial score (nSPS) is 26.9. The number of hydrogen-bond donors (Lipinski definition) is 2. The van der Waals surface area contributed by atoms with Crippen molar-refractivity contribution < 1.29 is 17.9 Å². The van der Waals surface area contributed by atoms with Gasteiger partial charge in [-0.15, -0.1) is 0 Å². The smallest absolute Gasteiger partial charge is 0.376 e. The van der Waals surface area contributed by atoms with Gasteiger partial charge in [0.1, 0.15) is 5.82 Å². The highest BCUT2D eigenvalue weighted by Crippen LogP contribution is 2.31. The van der Waals surface area contributed by atoms with E-state index in [0.29, 0.717) is 13.0 Å². The Morgan fingerprint density at radius 2 is 2.26 bits per heavy atom. The first-order valence-corrected chi connectivity index (χ1v) is 6.08. The molecule has 0 bridgehead atoms. The van der Waals surface area contributed by atoms with Gasteiger partial charge in [-0.05, 0) is 25.5 Å². The number of nitrogens with one attached hydrogen (secondary N) is 1. The summed E-state index contributed by atoms with van der Waals surface area (Å²) in [6, 6.07) is 1.59. The maximum atomic E-state index is 12.6. The van der Waals surface area contributed by atoms with E-state index in [-0.39, 0.29) is 24.0 Å². The lowest BCUT2D eigenvalue weighted by atomic mass is 9.83. The lowest BCUT2D eigenvalue weighted by Crippen LogP contribution is -2.60. The fourth-order valence-corrected chi connectivity index (χ4v) is 2.08. The SMILES string of the molecule is CCOC1CC(N)C1Nc1cc(C(F)(F)F)ccn1. The topological polar surface area (TPSA) is 60.2 Å². The number of nitrogens with two attached hydrogens (primary N) is 1. The Hall–Kier alpha value is -1.34. The molecule has 0 amide bonds. The van der Waals surface area contributed by atoms with Crippen molar-refractivity contribution in [2.75, 3.05) is 11.9 Å². The predicted octanol–water partition coefficient (Wildman–Crippen LogP) is 2.02. The molecule has 0 aliphatic heterocycles. The van der Waals surface area contributed by atoms with Gasteiger partial charge >= 0.3 is 6.18 Å². The summed E-state index contributed by atoms with van der Waals surface area (Å²) >= 11 is 0. The maximum absolute atomic E-state index is 12.6. The first-order chi connectivity index (χ1) is 8.91. The molecular formula is C12H16F3N3O. The van der Waals surface area contributed by atoms with Crippen LogP contribution in [0.5, 0.6) is 0 Å². The number of pyridine rings is 1. The molecule has 0 radical (unpaired) electrons. The summed E-state index contributed by atoms with van der Waals surface area (Å²) in [6.07, 6.45) is -2.62. The van der Waals surface area contributed by atoms with E-state index >= 15 is 0 Å². The molecule has 4 nitrogen and oxygen atoms in total. The van der Waals surface area contributed by atoms with Gasteiger partial charge in [-0.2, -0.15) is 13.2 Å². The van der Waals surface area contributed by atoms with Crippen LogP contribution in [0.15, 0.2) is 18.3 Å². The van der Waals surface area contributed by atoms with Crippen molar-refractivity contribution in [2.45, 2.75) is 37.7 Å². The molecule has 0 aromatic carbocycles. The van der Waals surface area contributed by atoms with Crippen molar-refractivity contribution in [3.63, 3.8) is 0 Å². The van der Waals surface area contributed by atoms with Gasteiger partial charge in [-0.25, -0.2) is 4.98 Å². The van der Waals surface area contributed by atoms with Crippen LogP contribution >= 0.6 is 0 Å². The Morgan fingerprint density at radius 3 is 2.84 bits per heavy atom. The molecule has 2 rings (SSSR count). The molecule has 0 saturated heterocycles. The van der Waals surface area contributed by atoms with Gasteiger partial charge in [0.25, 0.3) is 0 Å². The number of anilines is 1. The van der Waals surface area contributed by atoms with Gasteiger partial charge in [0.2, 0.25) is 0 Å². The molecule has 1 aliphatic carbocycles. The van der Waals surface area contributed by atoms with E-state index in [4.69, 9.17) is 10.5 Å². The van der Waals surface area contributed by atoms with Crippen LogP contribution in [0.4, 0.5) is 19.0 Å². The zero-order valence-electron chi connectivity index (χ0n) is 10.4. The van der Waals surface area contributed by atoms with Crippen molar-refractivity contribution >= 4 is 5.82 Å². The molecule has 7 heteroatoms. The van der Waals surface area contributed by atoms with Crippen LogP contribution in [0.1, 0.15) is 18.9 Å². The van der Waals surface area contributed by atoms with Crippen LogP contribution < -0.4 is 11.1 Å². The molecular weight excluding hydrogens is 259 g/mol. The standard InChI is InChI=1S/C12H16F3N3O/c1-2-19-9-6-8(16)11(9)18-10-5-7(3-4-17-10)12(13,14)15/h3-5,8-9,11H,2,6,16H2,1H3,(H,17,18). The minimum absolute atomic E-state index is 0.0728. The lowest BCUT2D eigenvalue weighted by molar-refractivity contribution is -0.137. The summed E-state index contributed by atoms with van der Waals surface area (Å²) in [5.74, 6) is 0.166. The van der Waals surface area contributed by atoms with Crippen LogP contribution in [-0.4, -0.2) is 29.8 Å². The van der Waals surface area contributed by atoms with Gasteiger partial charge in [-0.3, -0.25) is 0 Å². The number of alkyl halides is 3. The van der Waals surface area contributed by atoms with Crippen molar-refractivity contribution in [3.05, 3.63) is 23.9 Å². The van der Waals surface area contributed by atoms with Gasteiger partial charge in [0.05, 0.1) is 17.7 Å². The third kappa shape index (κ3) is 3.16. The van der Waals surface area contributed by atoms with E-state index in [1.54, 1.807) is 0 Å². The molecule has 1 aromatic rings. The van der Waals surface area contributed by atoms with Crippen LogP contribution in [0.2, 0.25) is 0 Å². The first kappa shape index (κ1) is 14.1. The van der Waals surface area contributed by atoms with Gasteiger partial charge in [0, 0.05) is 18.8 Å². The molecule has 19 heavy (non-hydrogen) atoms. The Kier molecular flexibility index (Phi) is 3.96. The highest BCUT2D eigenvalue weighted by atomic mass is 19.4. The largest absolute Gasteiger partial charge is 0.416 e. The summed E-state index contributed by atoms with van der Waals surface area (Å²) in [6.45, 7) is 2.41. The van der Waals surface area contributed by atoms with E-state index in [0.717, 1.165) is 18.3 Å². The van der Waals surface area contributed by atoms with E-state index in [9.17, 15) is 13.2 Å². The Bertz CT molecular complexity index is 436.